The number of Topliss-reactive ketones (excluding diaryl/α,β-unsaturated/α-hetero) is 1. The maximum Gasteiger partial charge on any atom is 0.188 e. The number of hydrogen-bond acceptors (Lipinski definition) is 5. The molecule has 0 aliphatic heterocycles. The van der Waals surface area contributed by atoms with E-state index in [1.54, 1.807) is 23.9 Å². The lowest BCUT2D eigenvalue weighted by molar-refractivity contribution is 0.0985. The van der Waals surface area contributed by atoms with E-state index in [2.05, 4.69) is 15.1 Å². The number of ketones is 1. The highest BCUT2D eigenvalue weighted by Crippen LogP contribution is 2.05. The number of nitrogens with zero attached hydrogens (tertiary/aromatic N) is 4. The Morgan fingerprint density at radius 3 is 2.81 bits per heavy atom. The summed E-state index contributed by atoms with van der Waals surface area (Å²) < 4.78 is 1.56. The highest BCUT2D eigenvalue weighted by Gasteiger charge is 2.11. The molecule has 0 saturated heterocycles. The average Bonchev–Trinajstić information content (AvgIpc) is 2.65. The number of rotatable bonds is 3. The minimum absolute atomic E-state index is 0.101. The van der Waals surface area contributed by atoms with Crippen molar-refractivity contribution in [2.24, 2.45) is 7.05 Å². The summed E-state index contributed by atoms with van der Waals surface area (Å²) in [5.74, 6) is 0.514. The van der Waals surface area contributed by atoms with E-state index >= 15 is 0 Å². The zero-order valence-corrected chi connectivity index (χ0v) is 8.79. The second-order valence-electron chi connectivity index (χ2n) is 3.38. The molecule has 2 aromatic heterocycles. The zero-order valence-electron chi connectivity index (χ0n) is 8.79. The van der Waals surface area contributed by atoms with Crippen molar-refractivity contribution in [2.75, 3.05) is 5.73 Å². The van der Waals surface area contributed by atoms with Gasteiger partial charge in [-0.25, -0.2) is 4.98 Å². The zero-order chi connectivity index (χ0) is 11.5. The van der Waals surface area contributed by atoms with Gasteiger partial charge >= 0.3 is 0 Å². The molecule has 0 atom stereocenters. The smallest absolute Gasteiger partial charge is 0.188 e. The Labute approximate surface area is 92.1 Å². The quantitative estimate of drug-likeness (QED) is 0.743. The number of carbonyl (C=O) groups is 1. The van der Waals surface area contributed by atoms with E-state index in [9.17, 15) is 4.79 Å². The molecule has 2 aromatic rings. The van der Waals surface area contributed by atoms with E-state index in [1.165, 1.54) is 12.5 Å². The van der Waals surface area contributed by atoms with Crippen LogP contribution in [0, 0.1) is 0 Å². The van der Waals surface area contributed by atoms with Crippen LogP contribution in [0.3, 0.4) is 0 Å². The molecule has 0 amide bonds. The van der Waals surface area contributed by atoms with Crippen molar-refractivity contribution < 1.29 is 4.79 Å². The summed E-state index contributed by atoms with van der Waals surface area (Å²) in [6.45, 7) is 0. The second-order valence-corrected chi connectivity index (χ2v) is 3.38. The first-order valence-corrected chi connectivity index (χ1v) is 4.74. The number of pyridine rings is 1. The molecule has 2 rings (SSSR count). The number of carbonyl (C=O) groups excluding carboxylic acids is 1. The van der Waals surface area contributed by atoms with Gasteiger partial charge < -0.3 is 5.73 Å². The third kappa shape index (κ3) is 2.05. The molecule has 2 heterocycles. The van der Waals surface area contributed by atoms with E-state index in [4.69, 9.17) is 5.73 Å². The Morgan fingerprint density at radius 2 is 2.25 bits per heavy atom. The molecule has 0 spiro atoms. The largest absolute Gasteiger partial charge is 0.397 e. The molecule has 0 aromatic carbocycles. The molecule has 6 heteroatoms. The van der Waals surface area contributed by atoms with Gasteiger partial charge in [0.25, 0.3) is 0 Å². The number of nitrogens with two attached hydrogens (primary N) is 1. The first-order valence-electron chi connectivity index (χ1n) is 4.74. The van der Waals surface area contributed by atoms with Crippen LogP contribution in [0.25, 0.3) is 0 Å². The highest BCUT2D eigenvalue weighted by molar-refractivity contribution is 5.95. The van der Waals surface area contributed by atoms with Gasteiger partial charge in [0.2, 0.25) is 0 Å². The van der Waals surface area contributed by atoms with Crippen LogP contribution in [0.4, 0.5) is 5.69 Å². The summed E-state index contributed by atoms with van der Waals surface area (Å²) in [6, 6.07) is 3.25. The van der Waals surface area contributed by atoms with Crippen LogP contribution in [0.5, 0.6) is 0 Å². The Bertz CT molecular complexity index is 502. The number of aryl methyl sites for hydroxylation is 1. The number of aromatic nitrogens is 4. The topological polar surface area (TPSA) is 86.7 Å². The summed E-state index contributed by atoms with van der Waals surface area (Å²) in [5, 5.41) is 3.89. The Balaban J connectivity index is 2.15. The lowest BCUT2D eigenvalue weighted by Crippen LogP contribution is -2.10. The van der Waals surface area contributed by atoms with Gasteiger partial charge in [0.1, 0.15) is 17.8 Å². The lowest BCUT2D eigenvalue weighted by atomic mass is 10.2. The van der Waals surface area contributed by atoms with Gasteiger partial charge in [-0.05, 0) is 12.1 Å². The van der Waals surface area contributed by atoms with Crippen LogP contribution < -0.4 is 5.73 Å². The van der Waals surface area contributed by atoms with E-state index in [0.717, 1.165) is 0 Å². The lowest BCUT2D eigenvalue weighted by Gasteiger charge is -2.00. The molecule has 16 heavy (non-hydrogen) atoms. The van der Waals surface area contributed by atoms with Crippen molar-refractivity contribution in [1.29, 1.82) is 0 Å². The van der Waals surface area contributed by atoms with E-state index in [0.29, 0.717) is 17.2 Å². The minimum Gasteiger partial charge on any atom is -0.397 e. The molecule has 0 aliphatic rings. The van der Waals surface area contributed by atoms with Crippen molar-refractivity contribution in [3.63, 3.8) is 0 Å². The molecule has 0 fully saturated rings. The number of hydrogen-bond donors (Lipinski definition) is 1. The predicted octanol–water partition coefficient (Wildman–Crippen LogP) is 0.218. The van der Waals surface area contributed by atoms with E-state index in [1.807, 2.05) is 0 Å². The molecule has 6 nitrogen and oxygen atoms in total. The normalized spacial score (nSPS) is 10.3. The SMILES string of the molecule is Cn1ncnc1CC(=O)c1ccc(N)cn1. The van der Waals surface area contributed by atoms with Gasteiger partial charge in [0.05, 0.1) is 18.3 Å². The van der Waals surface area contributed by atoms with Crippen LogP contribution in [0.15, 0.2) is 24.7 Å². The van der Waals surface area contributed by atoms with Crippen molar-refractivity contribution in [3.05, 3.63) is 36.2 Å². The van der Waals surface area contributed by atoms with Crippen LogP contribution in [-0.4, -0.2) is 25.5 Å². The molecule has 0 saturated carbocycles. The fraction of sp³-hybridized carbons (Fsp3) is 0.200. The molecule has 2 N–H and O–H groups in total. The first-order chi connectivity index (χ1) is 7.66. The Hall–Kier alpha value is -2.24. The van der Waals surface area contributed by atoms with Gasteiger partial charge in [-0.2, -0.15) is 5.10 Å². The molecule has 0 bridgehead atoms. The van der Waals surface area contributed by atoms with Crippen LogP contribution in [0.2, 0.25) is 0 Å². The van der Waals surface area contributed by atoms with Crippen molar-refractivity contribution in [2.45, 2.75) is 6.42 Å². The average molecular weight is 217 g/mol. The van der Waals surface area contributed by atoms with Crippen LogP contribution in [0.1, 0.15) is 16.3 Å². The molecule has 0 aliphatic carbocycles. The van der Waals surface area contributed by atoms with Gasteiger partial charge in [-0.3, -0.25) is 14.5 Å². The van der Waals surface area contributed by atoms with E-state index in [-0.39, 0.29) is 12.2 Å². The van der Waals surface area contributed by atoms with Gasteiger partial charge in [-0.15, -0.1) is 0 Å². The predicted molar refractivity (Wildman–Crippen MR) is 57.7 cm³/mol. The van der Waals surface area contributed by atoms with E-state index < -0.39 is 0 Å². The highest BCUT2D eigenvalue weighted by atomic mass is 16.1. The molecular weight excluding hydrogens is 206 g/mol. The van der Waals surface area contributed by atoms with Crippen molar-refractivity contribution in [3.8, 4) is 0 Å². The molecule has 0 radical (unpaired) electrons. The number of nitrogen functional groups attached to an aromatic ring is 1. The molecule has 82 valence electrons. The maximum absolute atomic E-state index is 11.8. The summed E-state index contributed by atoms with van der Waals surface area (Å²) in [6.07, 6.45) is 3.07. The van der Waals surface area contributed by atoms with Crippen molar-refractivity contribution in [1.82, 2.24) is 19.7 Å². The molecular formula is C10H11N5O. The number of anilines is 1. The Kier molecular flexibility index (Phi) is 2.63. The van der Waals surface area contributed by atoms with Gasteiger partial charge in [-0.1, -0.05) is 0 Å². The van der Waals surface area contributed by atoms with Crippen LogP contribution >= 0.6 is 0 Å². The van der Waals surface area contributed by atoms with Gasteiger partial charge in [0, 0.05) is 7.05 Å². The Morgan fingerprint density at radius 1 is 1.44 bits per heavy atom. The summed E-state index contributed by atoms with van der Waals surface area (Å²) >= 11 is 0. The maximum atomic E-state index is 11.8. The summed E-state index contributed by atoms with van der Waals surface area (Å²) in [5.41, 5.74) is 6.41. The molecule has 0 unspecified atom stereocenters. The summed E-state index contributed by atoms with van der Waals surface area (Å²) in [7, 11) is 1.74. The monoisotopic (exact) mass is 217 g/mol. The second kappa shape index (κ2) is 4.09. The summed E-state index contributed by atoms with van der Waals surface area (Å²) in [4.78, 5) is 19.7. The fourth-order valence-electron chi connectivity index (χ4n) is 1.28. The first kappa shape index (κ1) is 10.3. The minimum atomic E-state index is -0.101. The third-order valence-electron chi connectivity index (χ3n) is 2.20. The van der Waals surface area contributed by atoms with Crippen molar-refractivity contribution >= 4 is 11.5 Å². The fourth-order valence-corrected chi connectivity index (χ4v) is 1.28. The van der Waals surface area contributed by atoms with Gasteiger partial charge in [0.15, 0.2) is 5.78 Å². The third-order valence-corrected chi connectivity index (χ3v) is 2.20. The van der Waals surface area contributed by atoms with Crippen LogP contribution in [-0.2, 0) is 13.5 Å². The standard InChI is InChI=1S/C10H11N5O/c1-15-10(13-6-14-15)4-9(16)8-3-2-7(11)5-12-8/h2-3,5-6H,4,11H2,1H3.